The number of carbonyl (C=O) groups is 1. The van der Waals surface area contributed by atoms with Gasteiger partial charge in [-0.2, -0.15) is 0 Å². The zero-order valence-electron chi connectivity index (χ0n) is 11.4. The van der Waals surface area contributed by atoms with Crippen molar-refractivity contribution in [1.82, 2.24) is 9.97 Å². The quantitative estimate of drug-likeness (QED) is 0.868. The van der Waals surface area contributed by atoms with Gasteiger partial charge in [0.25, 0.3) is 0 Å². The number of carbonyl (C=O) groups excluding carboxylic acids is 1. The van der Waals surface area contributed by atoms with Crippen LogP contribution in [0, 0.1) is 0 Å². The second kappa shape index (κ2) is 5.03. The summed E-state index contributed by atoms with van der Waals surface area (Å²) in [5.74, 6) is 1.25. The van der Waals surface area contributed by atoms with Crippen LogP contribution in [0.5, 0.6) is 11.5 Å². The number of esters is 1. The number of nitrogens with one attached hydrogen (secondary N) is 1. The predicted molar refractivity (Wildman–Crippen MR) is 72.1 cm³/mol. The van der Waals surface area contributed by atoms with E-state index >= 15 is 0 Å². The second-order valence-electron chi connectivity index (χ2n) is 4.61. The highest BCUT2D eigenvalue weighted by molar-refractivity contribution is 5.82. The largest absolute Gasteiger partial charge is 0.486 e. The van der Waals surface area contributed by atoms with Crippen LogP contribution >= 0.6 is 0 Å². The molecule has 1 aromatic carbocycles. The van der Waals surface area contributed by atoms with Gasteiger partial charge in [-0.05, 0) is 13.8 Å². The molecule has 1 atom stereocenters. The lowest BCUT2D eigenvalue weighted by molar-refractivity contribution is -0.144. The molecule has 0 spiro atoms. The van der Waals surface area contributed by atoms with Gasteiger partial charge in [0.15, 0.2) is 11.5 Å². The number of hydrogen-bond donors (Lipinski definition) is 1. The maximum Gasteiger partial charge on any atom is 0.316 e. The second-order valence-corrected chi connectivity index (χ2v) is 4.61. The summed E-state index contributed by atoms with van der Waals surface area (Å²) in [6.45, 7) is 4.99. The maximum atomic E-state index is 11.7. The molecule has 0 aliphatic carbocycles. The Bertz CT molecular complexity index is 607. The number of rotatable bonds is 3. The molecule has 106 valence electrons. The standard InChI is InChI=1S/C14H16N2O4/c1-3-18-14(17)8(2)13-15-9-6-11-12(7-10(9)16-13)20-5-4-19-11/h6-8H,3-5H2,1-2H3,(H,15,16). The molecular formula is C14H16N2O4. The summed E-state index contributed by atoms with van der Waals surface area (Å²) in [5.41, 5.74) is 1.57. The fourth-order valence-electron chi connectivity index (χ4n) is 2.15. The van der Waals surface area contributed by atoms with Crippen LogP contribution in [0.25, 0.3) is 11.0 Å². The zero-order chi connectivity index (χ0) is 14.1. The van der Waals surface area contributed by atoms with Crippen LogP contribution in [-0.2, 0) is 9.53 Å². The molecule has 0 saturated heterocycles. The third-order valence-corrected chi connectivity index (χ3v) is 3.21. The predicted octanol–water partition coefficient (Wildman–Crippen LogP) is 2.00. The van der Waals surface area contributed by atoms with Crippen molar-refractivity contribution < 1.29 is 19.0 Å². The lowest BCUT2D eigenvalue weighted by atomic mass is 10.2. The highest BCUT2D eigenvalue weighted by Crippen LogP contribution is 2.34. The van der Waals surface area contributed by atoms with Gasteiger partial charge in [-0.15, -0.1) is 0 Å². The lowest BCUT2D eigenvalue weighted by Gasteiger charge is -2.17. The van der Waals surface area contributed by atoms with Gasteiger partial charge in [-0.3, -0.25) is 4.79 Å². The molecule has 3 rings (SSSR count). The molecule has 6 heteroatoms. The Morgan fingerprint density at radius 3 is 2.80 bits per heavy atom. The number of hydrogen-bond acceptors (Lipinski definition) is 5. The van der Waals surface area contributed by atoms with Crippen LogP contribution < -0.4 is 9.47 Å². The van der Waals surface area contributed by atoms with E-state index in [2.05, 4.69) is 9.97 Å². The SMILES string of the molecule is CCOC(=O)C(C)c1nc2cc3c(cc2[nH]1)OCCO3. The number of benzene rings is 1. The van der Waals surface area contributed by atoms with Crippen molar-refractivity contribution >= 4 is 17.0 Å². The van der Waals surface area contributed by atoms with Gasteiger partial charge in [-0.25, -0.2) is 4.98 Å². The van der Waals surface area contributed by atoms with Crippen LogP contribution in [0.1, 0.15) is 25.6 Å². The van der Waals surface area contributed by atoms with Crippen LogP contribution in [0.4, 0.5) is 0 Å². The first-order chi connectivity index (χ1) is 9.69. The Labute approximate surface area is 116 Å². The van der Waals surface area contributed by atoms with Crippen molar-refractivity contribution in [2.24, 2.45) is 0 Å². The fraction of sp³-hybridized carbons (Fsp3) is 0.429. The fourth-order valence-corrected chi connectivity index (χ4v) is 2.15. The smallest absolute Gasteiger partial charge is 0.316 e. The minimum absolute atomic E-state index is 0.288. The third-order valence-electron chi connectivity index (χ3n) is 3.21. The summed E-state index contributed by atoms with van der Waals surface area (Å²) in [6.07, 6.45) is 0. The molecule has 2 aromatic rings. The molecule has 6 nitrogen and oxygen atoms in total. The van der Waals surface area contributed by atoms with Crippen molar-refractivity contribution in [1.29, 1.82) is 0 Å². The van der Waals surface area contributed by atoms with Gasteiger partial charge in [0.05, 0.1) is 17.6 Å². The van der Waals surface area contributed by atoms with Crippen molar-refractivity contribution in [3.05, 3.63) is 18.0 Å². The maximum absolute atomic E-state index is 11.7. The average molecular weight is 276 g/mol. The van der Waals surface area contributed by atoms with Gasteiger partial charge in [-0.1, -0.05) is 0 Å². The van der Waals surface area contributed by atoms with Gasteiger partial charge < -0.3 is 19.2 Å². The summed E-state index contributed by atoms with van der Waals surface area (Å²) < 4.78 is 16.0. The Morgan fingerprint density at radius 1 is 1.40 bits per heavy atom. The van der Waals surface area contributed by atoms with Gasteiger partial charge in [0.2, 0.25) is 0 Å². The number of H-pyrrole nitrogens is 1. The van der Waals surface area contributed by atoms with Crippen LogP contribution in [-0.4, -0.2) is 35.8 Å². The first-order valence-electron chi connectivity index (χ1n) is 6.65. The third kappa shape index (κ3) is 2.17. The molecule has 0 fully saturated rings. The summed E-state index contributed by atoms with van der Waals surface area (Å²) in [6, 6.07) is 3.67. The van der Waals surface area contributed by atoms with Gasteiger partial charge in [0, 0.05) is 12.1 Å². The highest BCUT2D eigenvalue weighted by Gasteiger charge is 2.21. The molecule has 0 bridgehead atoms. The normalized spacial score (nSPS) is 15.1. The Morgan fingerprint density at radius 2 is 2.10 bits per heavy atom. The van der Waals surface area contributed by atoms with Crippen molar-refractivity contribution in [2.45, 2.75) is 19.8 Å². The Kier molecular flexibility index (Phi) is 3.22. The molecule has 1 aliphatic heterocycles. The van der Waals surface area contributed by atoms with Crippen LogP contribution in [0.3, 0.4) is 0 Å². The molecule has 1 aliphatic rings. The number of nitrogens with zero attached hydrogens (tertiary/aromatic N) is 1. The minimum atomic E-state index is -0.429. The number of imidazole rings is 1. The topological polar surface area (TPSA) is 73.4 Å². The molecule has 1 unspecified atom stereocenters. The van der Waals surface area contributed by atoms with Gasteiger partial charge >= 0.3 is 5.97 Å². The Hall–Kier alpha value is -2.24. The minimum Gasteiger partial charge on any atom is -0.486 e. The monoisotopic (exact) mass is 276 g/mol. The van der Waals surface area contributed by atoms with E-state index in [9.17, 15) is 4.79 Å². The lowest BCUT2D eigenvalue weighted by Crippen LogP contribution is -2.15. The molecule has 2 heterocycles. The number of aromatic amines is 1. The Balaban J connectivity index is 1.96. The zero-order valence-corrected chi connectivity index (χ0v) is 11.4. The molecule has 1 N–H and O–H groups in total. The molecule has 0 saturated carbocycles. The molecule has 1 aromatic heterocycles. The van der Waals surface area contributed by atoms with E-state index in [0.717, 1.165) is 11.0 Å². The summed E-state index contributed by atoms with van der Waals surface area (Å²) in [5, 5.41) is 0. The van der Waals surface area contributed by atoms with E-state index in [1.165, 1.54) is 0 Å². The van der Waals surface area contributed by atoms with E-state index in [1.807, 2.05) is 12.1 Å². The van der Waals surface area contributed by atoms with Crippen LogP contribution in [0.15, 0.2) is 12.1 Å². The summed E-state index contributed by atoms with van der Waals surface area (Å²) in [4.78, 5) is 19.3. The molecule has 0 radical (unpaired) electrons. The number of fused-ring (bicyclic) bond motifs is 2. The van der Waals surface area contributed by atoms with E-state index < -0.39 is 5.92 Å². The van der Waals surface area contributed by atoms with E-state index in [-0.39, 0.29) is 5.97 Å². The van der Waals surface area contributed by atoms with E-state index in [4.69, 9.17) is 14.2 Å². The molecule has 20 heavy (non-hydrogen) atoms. The summed E-state index contributed by atoms with van der Waals surface area (Å²) in [7, 11) is 0. The van der Waals surface area contributed by atoms with E-state index in [0.29, 0.717) is 37.1 Å². The number of aromatic nitrogens is 2. The number of ether oxygens (including phenoxy) is 3. The van der Waals surface area contributed by atoms with Crippen LogP contribution in [0.2, 0.25) is 0 Å². The van der Waals surface area contributed by atoms with Crippen molar-refractivity contribution in [2.75, 3.05) is 19.8 Å². The average Bonchev–Trinajstić information content (AvgIpc) is 2.86. The first-order valence-corrected chi connectivity index (χ1v) is 6.65. The van der Waals surface area contributed by atoms with Gasteiger partial charge in [0.1, 0.15) is 25.0 Å². The van der Waals surface area contributed by atoms with E-state index in [1.54, 1.807) is 13.8 Å². The highest BCUT2D eigenvalue weighted by atomic mass is 16.6. The molecular weight excluding hydrogens is 260 g/mol. The van der Waals surface area contributed by atoms with Crippen molar-refractivity contribution in [3.63, 3.8) is 0 Å². The van der Waals surface area contributed by atoms with Crippen molar-refractivity contribution in [3.8, 4) is 11.5 Å². The molecule has 0 amide bonds. The summed E-state index contributed by atoms with van der Waals surface area (Å²) >= 11 is 0. The first kappa shape index (κ1) is 12.8.